The number of tetrazole rings is 1. The van der Waals surface area contributed by atoms with E-state index in [2.05, 4.69) is 25.6 Å². The molecule has 1 fully saturated rings. The number of benzene rings is 1. The second kappa shape index (κ2) is 11.5. The predicted octanol–water partition coefficient (Wildman–Crippen LogP) is 5.91. The zero-order chi connectivity index (χ0) is 34.9. The molecule has 6 rings (SSSR count). The maximum Gasteiger partial charge on any atom is 0.416 e. The van der Waals surface area contributed by atoms with Gasteiger partial charge in [0.05, 0.1) is 28.6 Å². The molecule has 2 atom stereocenters. The molecule has 0 N–H and O–H groups in total. The highest BCUT2D eigenvalue weighted by Gasteiger charge is 2.52. The summed E-state index contributed by atoms with van der Waals surface area (Å²) in [4.78, 5) is 18.8. The lowest BCUT2D eigenvalue weighted by molar-refractivity contribution is -0.137. The smallest absolute Gasteiger partial charge is 0.291 e. The van der Waals surface area contributed by atoms with Crippen molar-refractivity contribution in [1.82, 2.24) is 39.3 Å². The first-order valence-electron chi connectivity index (χ1n) is 15.2. The van der Waals surface area contributed by atoms with E-state index < -0.39 is 46.9 Å². The van der Waals surface area contributed by atoms with Crippen LogP contribution in [0.15, 0.2) is 63.5 Å². The summed E-state index contributed by atoms with van der Waals surface area (Å²) >= 11 is 0. The zero-order valence-electron chi connectivity index (χ0n) is 27.3. The Morgan fingerprint density at radius 2 is 1.81 bits per heavy atom. The Balaban J connectivity index is 1.54. The molecule has 1 aliphatic carbocycles. The number of fused-ring (bicyclic) bond motifs is 2. The Morgan fingerprint density at radius 3 is 2.44 bits per heavy atom. The van der Waals surface area contributed by atoms with Crippen molar-refractivity contribution in [2.45, 2.75) is 63.1 Å². The molecule has 254 valence electrons. The number of pyridine rings is 1. The molecule has 0 saturated carbocycles. The van der Waals surface area contributed by atoms with Crippen molar-refractivity contribution in [2.75, 3.05) is 13.1 Å². The molecule has 1 saturated heterocycles. The topological polar surface area (TPSA) is 124 Å². The predicted molar refractivity (Wildman–Crippen MR) is 172 cm³/mol. The maximum atomic E-state index is 15.4. The Bertz CT molecular complexity index is 2060. The first-order valence-corrected chi connectivity index (χ1v) is 19.7. The molecule has 0 spiro atoms. The van der Waals surface area contributed by atoms with Crippen molar-refractivity contribution in [3.8, 4) is 5.69 Å². The van der Waals surface area contributed by atoms with Gasteiger partial charge in [0.15, 0.2) is 23.9 Å². The zero-order valence-corrected chi connectivity index (χ0v) is 29.1. The highest BCUT2D eigenvalue weighted by Crippen LogP contribution is 2.48. The third kappa shape index (κ3) is 5.70. The number of carbonyl (C=O) groups excluding carboxylic acids is 1. The van der Waals surface area contributed by atoms with Crippen molar-refractivity contribution in [1.29, 1.82) is 0 Å². The van der Waals surface area contributed by atoms with E-state index in [9.17, 15) is 22.4 Å². The third-order valence-corrected chi connectivity index (χ3v) is 17.9. The molecular weight excluding hydrogens is 667 g/mol. The quantitative estimate of drug-likeness (QED) is 0.139. The average Bonchev–Trinajstić information content (AvgIpc) is 3.64. The van der Waals surface area contributed by atoms with Gasteiger partial charge >= 0.3 is 6.18 Å². The van der Waals surface area contributed by atoms with Gasteiger partial charge in [0.25, 0.3) is 5.16 Å². The highest BCUT2D eigenvalue weighted by molar-refractivity contribution is 7.92. The number of hydrogen-bond acceptors (Lipinski definition) is 8. The molecule has 4 heterocycles. The summed E-state index contributed by atoms with van der Waals surface area (Å²) in [6.45, 7) is 10.1. The van der Waals surface area contributed by atoms with Crippen LogP contribution >= 0.6 is 0 Å². The standard InChI is InChI=1S/C31H35F4N9O2SSi/c1-29(2,3)48(5,6)41-47(46,28-38-39-40-42(28)4)43-14-12-21-16-26-20(18-37-44(26)24-9-7-23(32)8-10-24)17-30(21,19-43)27(45)25-15-22(11-13-36-25)31(33,34)35/h7-11,13,15-16,18H,12,14,17,19H2,1-6H3/t30-,47?/m0/s1. The minimum Gasteiger partial charge on any atom is -0.291 e. The molecule has 0 bridgehead atoms. The van der Waals surface area contributed by atoms with Gasteiger partial charge in [0, 0.05) is 26.3 Å². The van der Waals surface area contributed by atoms with Gasteiger partial charge in [0.1, 0.15) is 11.5 Å². The second-order valence-corrected chi connectivity index (χ2v) is 20.9. The normalized spacial score (nSPS) is 20.0. The Kier molecular flexibility index (Phi) is 8.10. The van der Waals surface area contributed by atoms with Gasteiger partial charge in [0.2, 0.25) is 0 Å². The second-order valence-electron chi connectivity index (χ2n) is 13.7. The third-order valence-electron chi connectivity index (χ3n) is 9.56. The fourth-order valence-corrected chi connectivity index (χ4v) is 11.7. The number of hydrogen-bond donors (Lipinski definition) is 0. The summed E-state index contributed by atoms with van der Waals surface area (Å²) in [6.07, 6.45) is -0.0579. The number of Topliss-reactive ketones (excluding diaryl/α,β-unsaturated/α-hetero) is 1. The van der Waals surface area contributed by atoms with Crippen molar-refractivity contribution < 1.29 is 26.6 Å². The van der Waals surface area contributed by atoms with Crippen molar-refractivity contribution in [3.63, 3.8) is 0 Å². The molecule has 1 aliphatic heterocycles. The highest BCUT2D eigenvalue weighted by atomic mass is 32.2. The fourth-order valence-electron chi connectivity index (χ4n) is 5.90. The van der Waals surface area contributed by atoms with Crippen LogP contribution in [0.3, 0.4) is 0 Å². The lowest BCUT2D eigenvalue weighted by Gasteiger charge is -2.46. The van der Waals surface area contributed by atoms with Crippen molar-refractivity contribution in [2.24, 2.45) is 16.5 Å². The van der Waals surface area contributed by atoms with E-state index in [4.69, 9.17) is 4.03 Å². The number of ketones is 1. The fraction of sp³-hybridized carbons (Fsp3) is 0.419. The van der Waals surface area contributed by atoms with Crippen LogP contribution < -0.4 is 0 Å². The number of carbonyl (C=O) groups is 1. The average molecular weight is 702 g/mol. The van der Waals surface area contributed by atoms with Crippen LogP contribution in [0.25, 0.3) is 11.8 Å². The van der Waals surface area contributed by atoms with Crippen LogP contribution in [-0.2, 0) is 29.6 Å². The monoisotopic (exact) mass is 701 g/mol. The SMILES string of the molecule is Cn1nnnc1S(=O)(=N[Si](C)(C)C(C)(C)C)N1CCC2=Cc3c(cnn3-c3ccc(F)cc3)C[C@]2(C(=O)c2cc(C(F)(F)F)ccn2)C1. The van der Waals surface area contributed by atoms with Crippen molar-refractivity contribution >= 4 is 30.0 Å². The molecule has 48 heavy (non-hydrogen) atoms. The summed E-state index contributed by atoms with van der Waals surface area (Å²) in [5.41, 5.74) is -0.316. The van der Waals surface area contributed by atoms with Gasteiger partial charge < -0.3 is 0 Å². The van der Waals surface area contributed by atoms with E-state index in [-0.39, 0.29) is 41.8 Å². The molecule has 17 heteroatoms. The van der Waals surface area contributed by atoms with E-state index in [1.54, 1.807) is 34.4 Å². The van der Waals surface area contributed by atoms with Crippen molar-refractivity contribution in [3.05, 3.63) is 82.7 Å². The number of nitrogens with zero attached hydrogens (tertiary/aromatic N) is 9. The van der Waals surface area contributed by atoms with Gasteiger partial charge in [-0.3, -0.25) is 13.8 Å². The number of aryl methyl sites for hydroxylation is 1. The van der Waals surface area contributed by atoms with E-state index in [1.807, 2.05) is 39.9 Å². The lowest BCUT2D eigenvalue weighted by Crippen LogP contribution is -2.54. The van der Waals surface area contributed by atoms with Gasteiger partial charge in [-0.15, -0.1) is 0 Å². The largest absolute Gasteiger partial charge is 0.416 e. The van der Waals surface area contributed by atoms with Crippen LogP contribution in [0.1, 0.15) is 54.5 Å². The minimum absolute atomic E-state index is 0.0279. The lowest BCUT2D eigenvalue weighted by atomic mass is 9.65. The van der Waals surface area contributed by atoms with E-state index in [0.717, 1.165) is 18.3 Å². The molecule has 11 nitrogen and oxygen atoms in total. The van der Waals surface area contributed by atoms with Crippen LogP contribution in [0, 0.1) is 11.2 Å². The summed E-state index contributed by atoms with van der Waals surface area (Å²) < 4.78 is 80.1. The van der Waals surface area contributed by atoms with Crippen LogP contribution in [0.4, 0.5) is 17.6 Å². The molecule has 2 aliphatic rings. The molecule has 1 aromatic carbocycles. The number of halogens is 4. The number of piperidine rings is 1. The number of aromatic nitrogens is 7. The molecule has 4 aromatic rings. The Morgan fingerprint density at radius 1 is 1.10 bits per heavy atom. The van der Waals surface area contributed by atoms with Gasteiger partial charge in [-0.05, 0) is 89.4 Å². The van der Waals surface area contributed by atoms with Gasteiger partial charge in [-0.1, -0.05) is 31.4 Å². The summed E-state index contributed by atoms with van der Waals surface area (Å²) in [6, 6.07) is 7.36. The van der Waals surface area contributed by atoms with Crippen LogP contribution in [0.5, 0.6) is 0 Å². The van der Waals surface area contributed by atoms with Crippen LogP contribution in [0.2, 0.25) is 18.1 Å². The molecular formula is C31H35F4N9O2SSi. The van der Waals surface area contributed by atoms with E-state index in [1.165, 1.54) is 16.8 Å². The summed E-state index contributed by atoms with van der Waals surface area (Å²) in [7, 11) is -4.64. The molecule has 1 unspecified atom stereocenters. The number of alkyl halides is 3. The first kappa shape index (κ1) is 33.8. The summed E-state index contributed by atoms with van der Waals surface area (Å²) in [5.74, 6) is -1.05. The number of rotatable bonds is 6. The molecule has 0 amide bonds. The van der Waals surface area contributed by atoms with Crippen LogP contribution in [-0.4, -0.2) is 70.6 Å². The Labute approximate surface area is 276 Å². The molecule has 0 radical (unpaired) electrons. The summed E-state index contributed by atoms with van der Waals surface area (Å²) in [5, 5.41) is 16.0. The molecule has 3 aromatic heterocycles. The van der Waals surface area contributed by atoms with Gasteiger partial charge in [-0.2, -0.15) is 18.3 Å². The van der Waals surface area contributed by atoms with E-state index in [0.29, 0.717) is 22.5 Å². The van der Waals surface area contributed by atoms with E-state index >= 15 is 4.21 Å². The Hall–Kier alpha value is -4.09. The first-order chi connectivity index (χ1) is 22.4. The minimum atomic E-state index is -4.70. The van der Waals surface area contributed by atoms with Gasteiger partial charge in [-0.25, -0.2) is 22.3 Å². The maximum absolute atomic E-state index is 15.4.